The second-order valence-corrected chi connectivity index (χ2v) is 14.0. The van der Waals surface area contributed by atoms with Gasteiger partial charge < -0.3 is 19.4 Å². The molecule has 3 rings (SSSR count). The number of aromatic hydroxyl groups is 2. The van der Waals surface area contributed by atoms with E-state index in [2.05, 4.69) is 33.9 Å². The van der Waals surface area contributed by atoms with Crippen LogP contribution in [-0.4, -0.2) is 24.5 Å². The number of para-hydroxylation sites is 1. The summed E-state index contributed by atoms with van der Waals surface area (Å²) in [5.41, 5.74) is 1.86. The smallest absolute Gasteiger partial charge is 0.342 e. The zero-order valence-corrected chi connectivity index (χ0v) is 20.2. The Bertz CT molecular complexity index is 1100. The van der Waals surface area contributed by atoms with Crippen LogP contribution in [0, 0.1) is 0 Å². The van der Waals surface area contributed by atoms with Crippen molar-refractivity contribution in [2.75, 3.05) is 0 Å². The summed E-state index contributed by atoms with van der Waals surface area (Å²) in [7, 11) is -2.15. The molecular weight excluding hydrogens is 420 g/mol. The number of benzene rings is 3. The lowest BCUT2D eigenvalue weighted by Gasteiger charge is -2.37. The summed E-state index contributed by atoms with van der Waals surface area (Å²) in [6.45, 7) is 10.8. The Labute approximate surface area is 190 Å². The number of phenols is 2. The minimum atomic E-state index is -2.15. The van der Waals surface area contributed by atoms with E-state index in [9.17, 15) is 15.0 Å². The first-order valence-corrected chi connectivity index (χ1v) is 13.5. The minimum absolute atomic E-state index is 0.0104. The molecule has 0 amide bonds. The van der Waals surface area contributed by atoms with Crippen LogP contribution in [0.15, 0.2) is 66.7 Å². The van der Waals surface area contributed by atoms with Gasteiger partial charge in [-0.05, 0) is 35.8 Å². The molecular formula is C26H30O5Si. The number of carbonyl (C=O) groups is 1. The van der Waals surface area contributed by atoms with Crippen molar-refractivity contribution in [3.63, 3.8) is 0 Å². The number of hydrogen-bond donors (Lipinski definition) is 2. The van der Waals surface area contributed by atoms with E-state index in [0.717, 1.165) is 11.6 Å². The summed E-state index contributed by atoms with van der Waals surface area (Å²) in [4.78, 5) is 12.7. The highest BCUT2D eigenvalue weighted by atomic mass is 28.4. The number of ether oxygens (including phenoxy) is 1. The molecule has 3 aromatic carbocycles. The second kappa shape index (κ2) is 9.08. The van der Waals surface area contributed by atoms with Gasteiger partial charge in [0.1, 0.15) is 29.4 Å². The van der Waals surface area contributed by atoms with Gasteiger partial charge in [0.05, 0.1) is 0 Å². The monoisotopic (exact) mass is 450 g/mol. The van der Waals surface area contributed by atoms with Crippen molar-refractivity contribution >= 4 is 14.3 Å². The molecule has 3 aromatic rings. The van der Waals surface area contributed by atoms with Crippen LogP contribution in [0.25, 0.3) is 11.1 Å². The maximum atomic E-state index is 12.7. The Morgan fingerprint density at radius 2 is 1.50 bits per heavy atom. The van der Waals surface area contributed by atoms with E-state index in [1.807, 2.05) is 54.6 Å². The van der Waals surface area contributed by atoms with Crippen LogP contribution in [0.3, 0.4) is 0 Å². The van der Waals surface area contributed by atoms with E-state index in [1.165, 1.54) is 6.07 Å². The molecule has 0 unspecified atom stereocenters. The predicted octanol–water partition coefficient (Wildman–Crippen LogP) is 6.51. The fourth-order valence-corrected chi connectivity index (χ4v) is 4.00. The van der Waals surface area contributed by atoms with Gasteiger partial charge in [-0.15, -0.1) is 0 Å². The van der Waals surface area contributed by atoms with Crippen molar-refractivity contribution in [1.82, 2.24) is 0 Å². The van der Waals surface area contributed by atoms with Crippen molar-refractivity contribution in [2.24, 2.45) is 0 Å². The summed E-state index contributed by atoms with van der Waals surface area (Å²) < 4.78 is 11.9. The molecule has 0 fully saturated rings. The molecule has 168 valence electrons. The van der Waals surface area contributed by atoms with Crippen molar-refractivity contribution in [1.29, 1.82) is 0 Å². The Balaban J connectivity index is 1.95. The van der Waals surface area contributed by atoms with Crippen LogP contribution in [0.1, 0.15) is 36.7 Å². The number of esters is 1. The van der Waals surface area contributed by atoms with Gasteiger partial charge in [-0.1, -0.05) is 69.3 Å². The van der Waals surface area contributed by atoms with Gasteiger partial charge in [0, 0.05) is 17.2 Å². The minimum Gasteiger partial charge on any atom is -0.543 e. The lowest BCUT2D eigenvalue weighted by molar-refractivity contribution is 0.0469. The zero-order chi connectivity index (χ0) is 23.5. The second-order valence-electron chi connectivity index (χ2n) is 9.31. The quantitative estimate of drug-likeness (QED) is 0.331. The molecule has 0 aromatic heterocycles. The predicted molar refractivity (Wildman–Crippen MR) is 129 cm³/mol. The van der Waals surface area contributed by atoms with Crippen molar-refractivity contribution in [2.45, 2.75) is 45.5 Å². The first-order chi connectivity index (χ1) is 15.0. The van der Waals surface area contributed by atoms with Crippen LogP contribution in [-0.2, 0) is 11.3 Å². The summed E-state index contributed by atoms with van der Waals surface area (Å²) in [6.07, 6.45) is 0. The molecule has 2 N–H and O–H groups in total. The van der Waals surface area contributed by atoms with Crippen molar-refractivity contribution in [3.8, 4) is 28.4 Å². The van der Waals surface area contributed by atoms with Crippen LogP contribution in [0.5, 0.6) is 17.2 Å². The summed E-state index contributed by atoms with van der Waals surface area (Å²) in [5.74, 6) is -0.528. The lowest BCUT2D eigenvalue weighted by Crippen LogP contribution is -2.43. The molecule has 0 aliphatic rings. The first-order valence-electron chi connectivity index (χ1n) is 10.5. The first kappa shape index (κ1) is 23.4. The van der Waals surface area contributed by atoms with Gasteiger partial charge >= 0.3 is 5.97 Å². The van der Waals surface area contributed by atoms with Gasteiger partial charge in [0.25, 0.3) is 8.32 Å². The van der Waals surface area contributed by atoms with E-state index < -0.39 is 14.3 Å². The van der Waals surface area contributed by atoms with Gasteiger partial charge in [-0.25, -0.2) is 4.79 Å². The van der Waals surface area contributed by atoms with Crippen LogP contribution >= 0.6 is 0 Å². The Morgan fingerprint density at radius 1 is 0.875 bits per heavy atom. The molecule has 0 heterocycles. The van der Waals surface area contributed by atoms with Gasteiger partial charge in [0.15, 0.2) is 0 Å². The number of rotatable bonds is 6. The molecule has 0 bridgehead atoms. The maximum absolute atomic E-state index is 12.7. The summed E-state index contributed by atoms with van der Waals surface area (Å²) in [5, 5.41) is 20.9. The van der Waals surface area contributed by atoms with E-state index in [0.29, 0.717) is 16.9 Å². The van der Waals surface area contributed by atoms with Crippen LogP contribution < -0.4 is 4.43 Å². The molecule has 6 heteroatoms. The fourth-order valence-electron chi connectivity index (χ4n) is 2.96. The molecule has 0 saturated carbocycles. The fraction of sp³-hybridized carbons (Fsp3) is 0.269. The highest BCUT2D eigenvalue weighted by molar-refractivity contribution is 6.74. The van der Waals surface area contributed by atoms with Crippen LogP contribution in [0.2, 0.25) is 18.1 Å². The van der Waals surface area contributed by atoms with Gasteiger partial charge in [-0.3, -0.25) is 0 Å². The number of hydrogen-bond acceptors (Lipinski definition) is 5. The largest absolute Gasteiger partial charge is 0.543 e. The standard InChI is InChI=1S/C26H30O5Si/c1-26(2,3)32(4,5)31-24-14-10-9-13-19(24)20-15-21(23(28)16-22(20)27)25(29)30-17-18-11-7-6-8-12-18/h6-16,27-28H,17H2,1-5H3. The highest BCUT2D eigenvalue weighted by Crippen LogP contribution is 2.43. The van der Waals surface area contributed by atoms with Crippen molar-refractivity contribution in [3.05, 3.63) is 77.9 Å². The molecule has 0 saturated heterocycles. The lowest BCUT2D eigenvalue weighted by atomic mass is 10.0. The average molecular weight is 451 g/mol. The third kappa shape index (κ3) is 5.14. The van der Waals surface area contributed by atoms with E-state index in [4.69, 9.17) is 9.16 Å². The molecule has 32 heavy (non-hydrogen) atoms. The third-order valence-electron chi connectivity index (χ3n) is 5.90. The Morgan fingerprint density at radius 3 is 2.16 bits per heavy atom. The van der Waals surface area contributed by atoms with Crippen LogP contribution in [0.4, 0.5) is 0 Å². The molecule has 0 aliphatic carbocycles. The summed E-state index contributed by atoms with van der Waals surface area (Å²) in [6, 6.07) is 19.3. The molecule has 5 nitrogen and oxygen atoms in total. The Kier molecular flexibility index (Phi) is 6.65. The molecule has 0 radical (unpaired) electrons. The topological polar surface area (TPSA) is 76.0 Å². The Hall–Kier alpha value is -3.25. The average Bonchev–Trinajstić information content (AvgIpc) is 2.72. The number of carbonyl (C=O) groups excluding carboxylic acids is 1. The maximum Gasteiger partial charge on any atom is 0.342 e. The number of phenolic OH excluding ortho intramolecular Hbond substituents is 2. The van der Waals surface area contributed by atoms with E-state index in [1.54, 1.807) is 0 Å². The molecule has 0 aliphatic heterocycles. The van der Waals surface area contributed by atoms with E-state index in [-0.39, 0.29) is 28.7 Å². The SMILES string of the molecule is CC(C)(C)[Si](C)(C)Oc1ccccc1-c1cc(C(=O)OCc2ccccc2)c(O)cc1O. The third-order valence-corrected chi connectivity index (χ3v) is 10.2. The normalized spacial score (nSPS) is 11.8. The van der Waals surface area contributed by atoms with Crippen molar-refractivity contribution < 1.29 is 24.2 Å². The summed E-state index contributed by atoms with van der Waals surface area (Å²) >= 11 is 0. The van der Waals surface area contributed by atoms with E-state index >= 15 is 0 Å². The molecule has 0 atom stereocenters. The molecule has 0 spiro atoms. The highest BCUT2D eigenvalue weighted by Gasteiger charge is 2.39. The van der Waals surface area contributed by atoms with Gasteiger partial charge in [0.2, 0.25) is 0 Å². The zero-order valence-electron chi connectivity index (χ0n) is 19.2. The van der Waals surface area contributed by atoms with Gasteiger partial charge in [-0.2, -0.15) is 0 Å².